The lowest BCUT2D eigenvalue weighted by Crippen LogP contribution is -2.59. The number of piperazine rings is 1. The molecular weight excluding hydrogens is 270 g/mol. The maximum atomic E-state index is 12.1. The molecule has 2 rings (SSSR count). The summed E-state index contributed by atoms with van der Waals surface area (Å²) >= 11 is 1.42. The third-order valence-corrected chi connectivity index (χ3v) is 3.61. The number of carbonyl (C=O) groups is 3. The van der Waals surface area contributed by atoms with Crippen molar-refractivity contribution in [3.8, 4) is 0 Å². The van der Waals surface area contributed by atoms with Gasteiger partial charge in [0.25, 0.3) is 0 Å². The van der Waals surface area contributed by atoms with E-state index in [9.17, 15) is 14.4 Å². The van der Waals surface area contributed by atoms with Crippen LogP contribution in [0.1, 0.15) is 10.7 Å². The first kappa shape index (κ1) is 13.5. The van der Waals surface area contributed by atoms with E-state index < -0.39 is 17.9 Å². The fraction of sp³-hybridized carbons (Fsp3) is 0.455. The minimum Gasteiger partial charge on any atom is -0.480 e. The number of carboxylic acid groups (broad SMARTS) is 1. The van der Waals surface area contributed by atoms with Crippen molar-refractivity contribution in [1.29, 1.82) is 0 Å². The van der Waals surface area contributed by atoms with Crippen LogP contribution in [0, 0.1) is 6.92 Å². The van der Waals surface area contributed by atoms with Crippen molar-refractivity contribution in [3.63, 3.8) is 0 Å². The first-order chi connectivity index (χ1) is 8.97. The van der Waals surface area contributed by atoms with E-state index in [1.54, 1.807) is 5.38 Å². The minimum absolute atomic E-state index is 0.0153. The number of aryl methyl sites for hydroxylation is 1. The fourth-order valence-electron chi connectivity index (χ4n) is 1.87. The van der Waals surface area contributed by atoms with Crippen molar-refractivity contribution >= 4 is 29.1 Å². The van der Waals surface area contributed by atoms with E-state index in [0.29, 0.717) is 5.69 Å². The smallest absolute Gasteiger partial charge is 0.328 e. The van der Waals surface area contributed by atoms with Gasteiger partial charge in [0, 0.05) is 11.9 Å². The molecule has 1 saturated heterocycles. The SMILES string of the molecule is Cc1nc(CC(=O)N2CC(=O)NCC2C(=O)O)cs1. The molecule has 2 N–H and O–H groups in total. The van der Waals surface area contributed by atoms with Crippen LogP contribution in [0.5, 0.6) is 0 Å². The van der Waals surface area contributed by atoms with E-state index in [0.717, 1.165) is 9.91 Å². The van der Waals surface area contributed by atoms with Crippen LogP contribution in [0.4, 0.5) is 0 Å². The Morgan fingerprint density at radius 1 is 1.63 bits per heavy atom. The first-order valence-electron chi connectivity index (χ1n) is 5.67. The quantitative estimate of drug-likeness (QED) is 0.772. The van der Waals surface area contributed by atoms with Gasteiger partial charge in [-0.3, -0.25) is 9.59 Å². The maximum absolute atomic E-state index is 12.1. The molecule has 0 bridgehead atoms. The lowest BCUT2D eigenvalue weighted by Gasteiger charge is -2.32. The zero-order valence-corrected chi connectivity index (χ0v) is 11.1. The van der Waals surface area contributed by atoms with Gasteiger partial charge in [-0.05, 0) is 6.92 Å². The number of aromatic nitrogens is 1. The Morgan fingerprint density at radius 3 is 2.95 bits per heavy atom. The summed E-state index contributed by atoms with van der Waals surface area (Å²) in [5.74, 6) is -1.87. The van der Waals surface area contributed by atoms with Crippen LogP contribution in [0.25, 0.3) is 0 Å². The van der Waals surface area contributed by atoms with Crippen molar-refractivity contribution in [3.05, 3.63) is 16.1 Å². The Balaban J connectivity index is 2.10. The minimum atomic E-state index is -1.12. The molecule has 1 aromatic rings. The van der Waals surface area contributed by atoms with Gasteiger partial charge in [-0.25, -0.2) is 9.78 Å². The monoisotopic (exact) mass is 283 g/mol. The van der Waals surface area contributed by atoms with Crippen molar-refractivity contribution in [1.82, 2.24) is 15.2 Å². The first-order valence-corrected chi connectivity index (χ1v) is 6.55. The van der Waals surface area contributed by atoms with Gasteiger partial charge in [-0.15, -0.1) is 11.3 Å². The van der Waals surface area contributed by atoms with Crippen LogP contribution in [-0.4, -0.2) is 51.9 Å². The highest BCUT2D eigenvalue weighted by Gasteiger charge is 2.35. The molecule has 1 unspecified atom stereocenters. The fourth-order valence-corrected chi connectivity index (χ4v) is 2.48. The maximum Gasteiger partial charge on any atom is 0.328 e. The average molecular weight is 283 g/mol. The summed E-state index contributed by atoms with van der Waals surface area (Å²) in [4.78, 5) is 39.7. The van der Waals surface area contributed by atoms with Crippen LogP contribution in [0.15, 0.2) is 5.38 Å². The molecule has 0 saturated carbocycles. The Labute approximate surface area is 113 Å². The van der Waals surface area contributed by atoms with Gasteiger partial charge in [0.1, 0.15) is 12.6 Å². The molecule has 7 nitrogen and oxygen atoms in total. The lowest BCUT2D eigenvalue weighted by atomic mass is 10.1. The molecule has 0 radical (unpaired) electrons. The van der Waals surface area contributed by atoms with Crippen LogP contribution >= 0.6 is 11.3 Å². The Kier molecular flexibility index (Phi) is 3.79. The second-order valence-electron chi connectivity index (χ2n) is 4.21. The van der Waals surface area contributed by atoms with Gasteiger partial charge in [-0.2, -0.15) is 0 Å². The largest absolute Gasteiger partial charge is 0.480 e. The number of aliphatic carboxylic acids is 1. The molecule has 0 spiro atoms. The van der Waals surface area contributed by atoms with Crippen molar-refractivity contribution < 1.29 is 19.5 Å². The van der Waals surface area contributed by atoms with Gasteiger partial charge >= 0.3 is 5.97 Å². The Hall–Kier alpha value is -1.96. The normalized spacial score (nSPS) is 19.1. The molecule has 102 valence electrons. The van der Waals surface area contributed by atoms with Crippen LogP contribution in [-0.2, 0) is 20.8 Å². The highest BCUT2D eigenvalue weighted by atomic mass is 32.1. The molecule has 0 aromatic carbocycles. The molecule has 1 aromatic heterocycles. The zero-order chi connectivity index (χ0) is 14.0. The molecular formula is C11H13N3O4S. The van der Waals surface area contributed by atoms with Gasteiger partial charge < -0.3 is 15.3 Å². The summed E-state index contributed by atoms with van der Waals surface area (Å²) < 4.78 is 0. The number of thiazole rings is 1. The van der Waals surface area contributed by atoms with Gasteiger partial charge in [0.2, 0.25) is 11.8 Å². The van der Waals surface area contributed by atoms with E-state index >= 15 is 0 Å². The third-order valence-electron chi connectivity index (χ3n) is 2.79. The van der Waals surface area contributed by atoms with Crippen LogP contribution < -0.4 is 5.32 Å². The topological polar surface area (TPSA) is 99.6 Å². The van der Waals surface area contributed by atoms with Crippen molar-refractivity contribution in [2.24, 2.45) is 0 Å². The highest BCUT2D eigenvalue weighted by molar-refractivity contribution is 7.09. The Bertz CT molecular complexity index is 528. The standard InChI is InChI=1S/C11H13N3O4S/c1-6-13-7(5-19-6)2-10(16)14-4-9(15)12-3-8(14)11(17)18/h5,8H,2-4H2,1H3,(H,12,15)(H,17,18). The number of rotatable bonds is 3. The number of nitrogens with zero attached hydrogens (tertiary/aromatic N) is 2. The zero-order valence-electron chi connectivity index (χ0n) is 10.3. The molecule has 2 heterocycles. The number of carbonyl (C=O) groups excluding carboxylic acids is 2. The summed E-state index contributed by atoms with van der Waals surface area (Å²) in [6.45, 7) is 1.54. The van der Waals surface area contributed by atoms with Crippen LogP contribution in [0.3, 0.4) is 0 Å². The van der Waals surface area contributed by atoms with Crippen molar-refractivity contribution in [2.45, 2.75) is 19.4 Å². The summed E-state index contributed by atoms with van der Waals surface area (Å²) in [7, 11) is 0. The van der Waals surface area contributed by atoms with E-state index in [-0.39, 0.29) is 25.4 Å². The van der Waals surface area contributed by atoms with Gasteiger partial charge in [0.05, 0.1) is 17.1 Å². The second kappa shape index (κ2) is 5.35. The van der Waals surface area contributed by atoms with E-state index in [1.165, 1.54) is 11.3 Å². The highest BCUT2D eigenvalue weighted by Crippen LogP contribution is 2.12. The van der Waals surface area contributed by atoms with E-state index in [1.807, 2.05) is 6.92 Å². The predicted octanol–water partition coefficient (Wildman–Crippen LogP) is -0.594. The van der Waals surface area contributed by atoms with E-state index in [2.05, 4.69) is 10.3 Å². The summed E-state index contributed by atoms with van der Waals surface area (Å²) in [6.07, 6.45) is 0.0153. The molecule has 0 aliphatic carbocycles. The Morgan fingerprint density at radius 2 is 2.37 bits per heavy atom. The molecule has 1 fully saturated rings. The lowest BCUT2D eigenvalue weighted by molar-refractivity contribution is -0.153. The summed E-state index contributed by atoms with van der Waals surface area (Å²) in [5, 5.41) is 14.1. The summed E-state index contributed by atoms with van der Waals surface area (Å²) in [6, 6.07) is -1.01. The number of hydrogen-bond acceptors (Lipinski definition) is 5. The predicted molar refractivity (Wildman–Crippen MR) is 66.7 cm³/mol. The van der Waals surface area contributed by atoms with Crippen molar-refractivity contribution in [2.75, 3.05) is 13.1 Å². The van der Waals surface area contributed by atoms with E-state index in [4.69, 9.17) is 5.11 Å². The average Bonchev–Trinajstić information content (AvgIpc) is 2.74. The van der Waals surface area contributed by atoms with Gasteiger partial charge in [-0.1, -0.05) is 0 Å². The number of carboxylic acids is 1. The molecule has 1 atom stereocenters. The molecule has 1 aliphatic heterocycles. The number of amides is 2. The van der Waals surface area contributed by atoms with Crippen LogP contribution in [0.2, 0.25) is 0 Å². The number of nitrogens with one attached hydrogen (secondary N) is 1. The second-order valence-corrected chi connectivity index (χ2v) is 5.28. The molecule has 8 heteroatoms. The molecule has 1 aliphatic rings. The van der Waals surface area contributed by atoms with Gasteiger partial charge in [0.15, 0.2) is 0 Å². The summed E-state index contributed by atoms with van der Waals surface area (Å²) in [5.41, 5.74) is 0.600. The third kappa shape index (κ3) is 3.08. The molecule has 2 amide bonds. The number of hydrogen-bond donors (Lipinski definition) is 2. The molecule has 19 heavy (non-hydrogen) atoms.